The van der Waals surface area contributed by atoms with Crippen molar-refractivity contribution in [1.82, 2.24) is 5.32 Å². The van der Waals surface area contributed by atoms with Crippen LogP contribution in [0.3, 0.4) is 0 Å². The number of rotatable bonds is 4. The van der Waals surface area contributed by atoms with Crippen LogP contribution in [0.4, 0.5) is 14.9 Å². The molecule has 3 nitrogen and oxygen atoms in total. The summed E-state index contributed by atoms with van der Waals surface area (Å²) in [5.41, 5.74) is 1.02. The normalized spacial score (nSPS) is 10.2. The number of para-hydroxylation sites is 1. The molecule has 110 valence electrons. The van der Waals surface area contributed by atoms with Gasteiger partial charge in [-0.25, -0.2) is 9.18 Å². The molecule has 0 bridgehead atoms. The summed E-state index contributed by atoms with van der Waals surface area (Å²) in [5, 5.41) is 6.20. The van der Waals surface area contributed by atoms with Crippen molar-refractivity contribution in [3.63, 3.8) is 0 Å². The van der Waals surface area contributed by atoms with Gasteiger partial charge in [-0.05, 0) is 36.2 Å². The van der Waals surface area contributed by atoms with E-state index in [9.17, 15) is 9.18 Å². The van der Waals surface area contributed by atoms with Crippen LogP contribution in [0.1, 0.15) is 5.56 Å². The van der Waals surface area contributed by atoms with E-state index in [-0.39, 0.29) is 5.69 Å². The quantitative estimate of drug-likeness (QED) is 0.853. The fourth-order valence-electron chi connectivity index (χ4n) is 1.76. The monoisotopic (exact) mass is 326 g/mol. The molecule has 21 heavy (non-hydrogen) atoms. The lowest BCUT2D eigenvalue weighted by atomic mass is 10.1. The predicted octanol–water partition coefficient (Wildman–Crippen LogP) is 4.50. The van der Waals surface area contributed by atoms with Crippen LogP contribution in [0.15, 0.2) is 42.5 Å². The Morgan fingerprint density at radius 2 is 1.90 bits per heavy atom. The van der Waals surface area contributed by atoms with Gasteiger partial charge in [0.1, 0.15) is 5.82 Å². The molecule has 2 aromatic carbocycles. The summed E-state index contributed by atoms with van der Waals surface area (Å²) in [7, 11) is 0. The molecule has 6 heteroatoms. The molecular formula is C15H13Cl2FN2O. The summed E-state index contributed by atoms with van der Waals surface area (Å²) in [4.78, 5) is 11.7. The van der Waals surface area contributed by atoms with Crippen LogP contribution in [-0.2, 0) is 6.42 Å². The van der Waals surface area contributed by atoms with E-state index in [1.54, 1.807) is 30.3 Å². The number of urea groups is 1. The van der Waals surface area contributed by atoms with Gasteiger partial charge in [-0.1, -0.05) is 41.4 Å². The second-order valence-electron chi connectivity index (χ2n) is 4.35. The average Bonchev–Trinajstić information content (AvgIpc) is 2.44. The van der Waals surface area contributed by atoms with Gasteiger partial charge in [0.05, 0.1) is 5.69 Å². The van der Waals surface area contributed by atoms with Crippen molar-refractivity contribution >= 4 is 34.9 Å². The number of carbonyl (C=O) groups excluding carboxylic acids is 1. The molecule has 2 amide bonds. The van der Waals surface area contributed by atoms with E-state index in [0.29, 0.717) is 23.0 Å². The van der Waals surface area contributed by atoms with Crippen LogP contribution in [0.5, 0.6) is 0 Å². The van der Waals surface area contributed by atoms with Gasteiger partial charge in [0.15, 0.2) is 0 Å². The van der Waals surface area contributed by atoms with Gasteiger partial charge in [0, 0.05) is 16.6 Å². The maximum absolute atomic E-state index is 13.4. The van der Waals surface area contributed by atoms with Crippen LogP contribution < -0.4 is 10.6 Å². The number of halogens is 3. The zero-order chi connectivity index (χ0) is 15.2. The molecule has 2 rings (SSSR count). The van der Waals surface area contributed by atoms with E-state index < -0.39 is 11.8 Å². The third-order valence-electron chi connectivity index (χ3n) is 2.82. The highest BCUT2D eigenvalue weighted by Gasteiger charge is 2.06. The number of amides is 2. The topological polar surface area (TPSA) is 41.1 Å². The molecule has 2 aromatic rings. The van der Waals surface area contributed by atoms with Crippen molar-refractivity contribution in [3.05, 3.63) is 63.9 Å². The molecule has 0 unspecified atom stereocenters. The van der Waals surface area contributed by atoms with Crippen LogP contribution >= 0.6 is 23.2 Å². The summed E-state index contributed by atoms with van der Waals surface area (Å²) >= 11 is 11.8. The third-order valence-corrected chi connectivity index (χ3v) is 3.40. The lowest BCUT2D eigenvalue weighted by molar-refractivity contribution is 0.252. The Labute approximate surface area is 132 Å². The first-order valence-corrected chi connectivity index (χ1v) is 7.05. The van der Waals surface area contributed by atoms with Crippen molar-refractivity contribution in [2.75, 3.05) is 11.9 Å². The highest BCUT2D eigenvalue weighted by molar-refractivity contribution is 6.35. The SMILES string of the molecule is O=C(NCCc1ccc(Cl)cc1Cl)Nc1ccccc1F. The van der Waals surface area contributed by atoms with Crippen molar-refractivity contribution in [1.29, 1.82) is 0 Å². The van der Waals surface area contributed by atoms with Crippen molar-refractivity contribution in [2.24, 2.45) is 0 Å². The Hall–Kier alpha value is -1.78. The Bertz CT molecular complexity index is 649. The highest BCUT2D eigenvalue weighted by Crippen LogP contribution is 2.21. The zero-order valence-corrected chi connectivity index (χ0v) is 12.5. The molecule has 2 N–H and O–H groups in total. The summed E-state index contributed by atoms with van der Waals surface area (Å²) in [6, 6.07) is 10.7. The number of benzene rings is 2. The fraction of sp³-hybridized carbons (Fsp3) is 0.133. The second-order valence-corrected chi connectivity index (χ2v) is 5.19. The molecule has 0 aliphatic heterocycles. The van der Waals surface area contributed by atoms with Crippen LogP contribution in [0, 0.1) is 5.82 Å². The van der Waals surface area contributed by atoms with Crippen LogP contribution in [-0.4, -0.2) is 12.6 Å². The first-order valence-electron chi connectivity index (χ1n) is 6.29. The number of anilines is 1. The van der Waals surface area contributed by atoms with E-state index in [2.05, 4.69) is 10.6 Å². The van der Waals surface area contributed by atoms with Crippen molar-refractivity contribution in [3.8, 4) is 0 Å². The van der Waals surface area contributed by atoms with Crippen LogP contribution in [0.25, 0.3) is 0 Å². The fourth-order valence-corrected chi connectivity index (χ4v) is 2.27. The summed E-state index contributed by atoms with van der Waals surface area (Å²) in [5.74, 6) is -0.478. The van der Waals surface area contributed by atoms with E-state index in [1.807, 2.05) is 0 Å². The number of carbonyl (C=O) groups is 1. The van der Waals surface area contributed by atoms with Crippen LogP contribution in [0.2, 0.25) is 10.0 Å². The average molecular weight is 327 g/mol. The molecule has 0 saturated carbocycles. The largest absolute Gasteiger partial charge is 0.338 e. The standard InChI is InChI=1S/C15H13Cl2FN2O/c16-11-6-5-10(12(17)9-11)7-8-19-15(21)20-14-4-2-1-3-13(14)18/h1-6,9H,7-8H2,(H2,19,20,21). The molecule has 0 aliphatic carbocycles. The number of nitrogens with one attached hydrogen (secondary N) is 2. The van der Waals surface area contributed by atoms with E-state index in [4.69, 9.17) is 23.2 Å². The molecule has 0 saturated heterocycles. The number of hydrogen-bond donors (Lipinski definition) is 2. The molecule has 0 fully saturated rings. The Morgan fingerprint density at radius 3 is 2.62 bits per heavy atom. The minimum atomic E-state index is -0.478. The third kappa shape index (κ3) is 4.62. The first-order chi connectivity index (χ1) is 10.1. The van der Waals surface area contributed by atoms with Gasteiger partial charge in [0.2, 0.25) is 0 Å². The second kappa shape index (κ2) is 7.29. The van der Waals surface area contributed by atoms with E-state index >= 15 is 0 Å². The Balaban J connectivity index is 1.83. The van der Waals surface area contributed by atoms with Crippen molar-refractivity contribution in [2.45, 2.75) is 6.42 Å². The minimum Gasteiger partial charge on any atom is -0.338 e. The number of hydrogen-bond acceptors (Lipinski definition) is 1. The lowest BCUT2D eigenvalue weighted by Crippen LogP contribution is -2.30. The smallest absolute Gasteiger partial charge is 0.319 e. The molecule has 0 aliphatic rings. The lowest BCUT2D eigenvalue weighted by Gasteiger charge is -2.09. The zero-order valence-electron chi connectivity index (χ0n) is 11.0. The maximum atomic E-state index is 13.4. The summed E-state index contributed by atoms with van der Waals surface area (Å²) in [6.07, 6.45) is 0.556. The van der Waals surface area contributed by atoms with E-state index in [1.165, 1.54) is 12.1 Å². The molecular weight excluding hydrogens is 314 g/mol. The summed E-state index contributed by atoms with van der Waals surface area (Å²) < 4.78 is 13.4. The van der Waals surface area contributed by atoms with Gasteiger partial charge in [-0.15, -0.1) is 0 Å². The van der Waals surface area contributed by atoms with Gasteiger partial charge in [-0.3, -0.25) is 0 Å². The molecule has 0 aromatic heterocycles. The van der Waals surface area contributed by atoms with Gasteiger partial charge in [0.25, 0.3) is 0 Å². The Kier molecular flexibility index (Phi) is 5.42. The predicted molar refractivity (Wildman–Crippen MR) is 83.6 cm³/mol. The Morgan fingerprint density at radius 1 is 1.14 bits per heavy atom. The molecule has 0 radical (unpaired) electrons. The minimum absolute atomic E-state index is 0.138. The van der Waals surface area contributed by atoms with Gasteiger partial charge in [-0.2, -0.15) is 0 Å². The van der Waals surface area contributed by atoms with Crippen molar-refractivity contribution < 1.29 is 9.18 Å². The van der Waals surface area contributed by atoms with E-state index in [0.717, 1.165) is 5.56 Å². The van der Waals surface area contributed by atoms with Gasteiger partial charge < -0.3 is 10.6 Å². The summed E-state index contributed by atoms with van der Waals surface area (Å²) in [6.45, 7) is 0.377. The molecule has 0 heterocycles. The maximum Gasteiger partial charge on any atom is 0.319 e. The molecule has 0 atom stereocenters. The molecule has 0 spiro atoms. The first kappa shape index (κ1) is 15.6. The van der Waals surface area contributed by atoms with Gasteiger partial charge >= 0.3 is 6.03 Å². The highest BCUT2D eigenvalue weighted by atomic mass is 35.5.